The molecule has 1 aromatic rings. The number of amides is 1. The highest BCUT2D eigenvalue weighted by molar-refractivity contribution is 5.67. The minimum absolute atomic E-state index is 0.0678. The Morgan fingerprint density at radius 2 is 2.24 bits per heavy atom. The molecule has 1 aliphatic rings. The second kappa shape index (κ2) is 5.68. The number of alkyl carbamates (subject to hydrolysis) is 1. The maximum Gasteiger partial charge on any atom is 0.407 e. The molecule has 0 bridgehead atoms. The fourth-order valence-electron chi connectivity index (χ4n) is 1.84. The third-order valence-electron chi connectivity index (χ3n) is 2.89. The molecule has 1 N–H and O–H groups in total. The molecule has 1 amide bonds. The van der Waals surface area contributed by atoms with Crippen molar-refractivity contribution in [2.75, 3.05) is 6.61 Å². The van der Waals surface area contributed by atoms with Gasteiger partial charge >= 0.3 is 6.09 Å². The lowest BCUT2D eigenvalue weighted by Crippen LogP contribution is -2.39. The van der Waals surface area contributed by atoms with Gasteiger partial charge < -0.3 is 14.8 Å². The van der Waals surface area contributed by atoms with Gasteiger partial charge in [-0.3, -0.25) is 0 Å². The number of hydrogen-bond donors (Lipinski definition) is 1. The largest absolute Gasteiger partial charge is 0.445 e. The smallest absolute Gasteiger partial charge is 0.407 e. The van der Waals surface area contributed by atoms with Crippen molar-refractivity contribution in [3.8, 4) is 0 Å². The molecule has 0 aromatic heterocycles. The van der Waals surface area contributed by atoms with Crippen LogP contribution in [0.25, 0.3) is 0 Å². The van der Waals surface area contributed by atoms with E-state index in [4.69, 9.17) is 9.47 Å². The second-order valence-electron chi connectivity index (χ2n) is 4.18. The average Bonchev–Trinajstić information content (AvgIpc) is 2.74. The Bertz CT molecular complexity index is 366. The molecule has 4 nitrogen and oxygen atoms in total. The summed E-state index contributed by atoms with van der Waals surface area (Å²) in [6, 6.07) is 9.69. The molecule has 1 aliphatic heterocycles. The zero-order chi connectivity index (χ0) is 12.1. The lowest BCUT2D eigenvalue weighted by molar-refractivity contribution is 0.103. The molecule has 2 rings (SSSR count). The molecule has 0 unspecified atom stereocenters. The van der Waals surface area contributed by atoms with Gasteiger partial charge in [-0.05, 0) is 18.9 Å². The molecular weight excluding hydrogens is 218 g/mol. The summed E-state index contributed by atoms with van der Waals surface area (Å²) in [4.78, 5) is 11.5. The van der Waals surface area contributed by atoms with Gasteiger partial charge in [-0.25, -0.2) is 4.79 Å². The van der Waals surface area contributed by atoms with E-state index in [0.717, 1.165) is 12.0 Å². The van der Waals surface area contributed by atoms with Crippen LogP contribution in [0.5, 0.6) is 0 Å². The van der Waals surface area contributed by atoms with Crippen LogP contribution in [0, 0.1) is 0 Å². The highest BCUT2D eigenvalue weighted by Crippen LogP contribution is 2.12. The summed E-state index contributed by atoms with van der Waals surface area (Å²) < 4.78 is 10.5. The van der Waals surface area contributed by atoms with E-state index < -0.39 is 0 Å². The first-order valence-corrected chi connectivity index (χ1v) is 5.84. The Hall–Kier alpha value is -1.55. The fraction of sp³-hybridized carbons (Fsp3) is 0.462. The lowest BCUT2D eigenvalue weighted by Gasteiger charge is -2.15. The Labute approximate surface area is 101 Å². The fourth-order valence-corrected chi connectivity index (χ4v) is 1.84. The predicted octanol–water partition coefficient (Wildman–Crippen LogP) is 2.09. The van der Waals surface area contributed by atoms with Gasteiger partial charge in [0, 0.05) is 6.61 Å². The van der Waals surface area contributed by atoms with E-state index in [1.165, 1.54) is 0 Å². The van der Waals surface area contributed by atoms with Crippen LogP contribution in [-0.4, -0.2) is 24.8 Å². The minimum Gasteiger partial charge on any atom is -0.445 e. The van der Waals surface area contributed by atoms with Crippen LogP contribution in [0.3, 0.4) is 0 Å². The molecule has 92 valence electrons. The van der Waals surface area contributed by atoms with Crippen LogP contribution < -0.4 is 5.32 Å². The first-order valence-electron chi connectivity index (χ1n) is 5.84. The third kappa shape index (κ3) is 3.46. The van der Waals surface area contributed by atoms with Gasteiger partial charge in [0.15, 0.2) is 0 Å². The zero-order valence-corrected chi connectivity index (χ0v) is 9.89. The Morgan fingerprint density at radius 1 is 1.47 bits per heavy atom. The van der Waals surface area contributed by atoms with Gasteiger partial charge in [0.25, 0.3) is 0 Å². The molecule has 0 aliphatic carbocycles. The van der Waals surface area contributed by atoms with Crippen molar-refractivity contribution in [1.82, 2.24) is 5.32 Å². The third-order valence-corrected chi connectivity index (χ3v) is 2.89. The summed E-state index contributed by atoms with van der Waals surface area (Å²) in [5, 5.41) is 2.81. The molecule has 0 radical (unpaired) electrons. The van der Waals surface area contributed by atoms with Crippen molar-refractivity contribution < 1.29 is 14.3 Å². The summed E-state index contributed by atoms with van der Waals surface area (Å²) in [7, 11) is 0. The van der Waals surface area contributed by atoms with Crippen molar-refractivity contribution in [2.24, 2.45) is 0 Å². The summed E-state index contributed by atoms with van der Waals surface area (Å²) in [6.07, 6.45) is 0.539. The molecule has 1 heterocycles. The highest BCUT2D eigenvalue weighted by Gasteiger charge is 2.25. The van der Waals surface area contributed by atoms with Crippen LogP contribution in [0.4, 0.5) is 4.79 Å². The molecule has 2 atom stereocenters. The molecule has 1 saturated heterocycles. The van der Waals surface area contributed by atoms with E-state index in [1.54, 1.807) is 0 Å². The standard InChI is InChI=1S/C13H17NO3/c1-10-12(7-8-16-10)14-13(15)17-9-11-5-3-2-4-6-11/h2-6,10,12H,7-9H2,1H3,(H,14,15)/t10-,12-/m1/s1. The second-order valence-corrected chi connectivity index (χ2v) is 4.18. The van der Waals surface area contributed by atoms with Crippen molar-refractivity contribution >= 4 is 6.09 Å². The Balaban J connectivity index is 1.74. The van der Waals surface area contributed by atoms with Gasteiger partial charge in [0.2, 0.25) is 0 Å². The molecule has 17 heavy (non-hydrogen) atoms. The highest BCUT2D eigenvalue weighted by atomic mass is 16.5. The van der Waals surface area contributed by atoms with Gasteiger partial charge in [-0.15, -0.1) is 0 Å². The minimum atomic E-state index is -0.379. The van der Waals surface area contributed by atoms with E-state index in [-0.39, 0.29) is 18.2 Å². The van der Waals surface area contributed by atoms with Crippen LogP contribution in [-0.2, 0) is 16.1 Å². The Kier molecular flexibility index (Phi) is 3.98. The zero-order valence-electron chi connectivity index (χ0n) is 9.89. The number of benzene rings is 1. The number of carbonyl (C=O) groups is 1. The monoisotopic (exact) mass is 235 g/mol. The normalized spacial score (nSPS) is 23.4. The molecule has 1 aromatic carbocycles. The quantitative estimate of drug-likeness (QED) is 0.872. The van der Waals surface area contributed by atoms with Crippen LogP contribution in [0.2, 0.25) is 0 Å². The summed E-state index contributed by atoms with van der Waals surface area (Å²) in [5.41, 5.74) is 0.985. The SMILES string of the molecule is C[C@H]1OCC[C@H]1NC(=O)OCc1ccccc1. The summed E-state index contributed by atoms with van der Waals surface area (Å²) in [5.74, 6) is 0. The van der Waals surface area contributed by atoms with Crippen LogP contribution in [0.1, 0.15) is 18.9 Å². The summed E-state index contributed by atoms with van der Waals surface area (Å²) >= 11 is 0. The number of nitrogens with one attached hydrogen (secondary N) is 1. The number of ether oxygens (including phenoxy) is 2. The van der Waals surface area contributed by atoms with Crippen LogP contribution >= 0.6 is 0 Å². The van der Waals surface area contributed by atoms with Gasteiger partial charge in [-0.1, -0.05) is 30.3 Å². The first-order chi connectivity index (χ1) is 8.25. The number of hydrogen-bond acceptors (Lipinski definition) is 3. The van der Waals surface area contributed by atoms with Gasteiger partial charge in [-0.2, -0.15) is 0 Å². The van der Waals surface area contributed by atoms with Gasteiger partial charge in [0.05, 0.1) is 12.1 Å². The van der Waals surface area contributed by atoms with Crippen molar-refractivity contribution in [2.45, 2.75) is 32.1 Å². The van der Waals surface area contributed by atoms with E-state index in [1.807, 2.05) is 37.3 Å². The molecule has 4 heteroatoms. The van der Waals surface area contributed by atoms with E-state index in [9.17, 15) is 4.79 Å². The van der Waals surface area contributed by atoms with Crippen molar-refractivity contribution in [3.63, 3.8) is 0 Å². The molecule has 1 fully saturated rings. The van der Waals surface area contributed by atoms with Crippen molar-refractivity contribution in [1.29, 1.82) is 0 Å². The molecule has 0 saturated carbocycles. The lowest BCUT2D eigenvalue weighted by atomic mass is 10.2. The van der Waals surface area contributed by atoms with Gasteiger partial charge in [0.1, 0.15) is 6.61 Å². The number of rotatable bonds is 3. The molecule has 0 spiro atoms. The van der Waals surface area contributed by atoms with Crippen LogP contribution in [0.15, 0.2) is 30.3 Å². The Morgan fingerprint density at radius 3 is 2.88 bits per heavy atom. The summed E-state index contributed by atoms with van der Waals surface area (Å²) in [6.45, 7) is 2.95. The maximum absolute atomic E-state index is 11.5. The first kappa shape index (κ1) is 11.9. The average molecular weight is 235 g/mol. The van der Waals surface area contributed by atoms with Crippen molar-refractivity contribution in [3.05, 3.63) is 35.9 Å². The molecular formula is C13H17NO3. The topological polar surface area (TPSA) is 47.6 Å². The maximum atomic E-state index is 11.5. The van der Waals surface area contributed by atoms with E-state index in [2.05, 4.69) is 5.32 Å². The van der Waals surface area contributed by atoms with E-state index in [0.29, 0.717) is 13.2 Å². The van der Waals surface area contributed by atoms with E-state index >= 15 is 0 Å². The number of carbonyl (C=O) groups excluding carboxylic acids is 1. The predicted molar refractivity (Wildman–Crippen MR) is 63.6 cm³/mol.